The highest BCUT2D eigenvalue weighted by atomic mass is 16.5. The Labute approximate surface area is 218 Å². The van der Waals surface area contributed by atoms with Crippen LogP contribution in [0.5, 0.6) is 5.75 Å². The van der Waals surface area contributed by atoms with E-state index in [9.17, 15) is 9.59 Å². The van der Waals surface area contributed by atoms with Gasteiger partial charge in [0.1, 0.15) is 5.75 Å². The van der Waals surface area contributed by atoms with Gasteiger partial charge in [0.05, 0.1) is 26.1 Å². The van der Waals surface area contributed by atoms with Crippen LogP contribution in [0.4, 0.5) is 0 Å². The first kappa shape index (κ1) is 23.8. The molecule has 4 unspecified atom stereocenters. The first-order valence-electron chi connectivity index (χ1n) is 13.1. The van der Waals surface area contributed by atoms with Gasteiger partial charge in [-0.3, -0.25) is 9.59 Å². The molecule has 5 nitrogen and oxygen atoms in total. The number of amides is 1. The van der Waals surface area contributed by atoms with Gasteiger partial charge in [-0.2, -0.15) is 0 Å². The van der Waals surface area contributed by atoms with E-state index in [0.717, 1.165) is 18.4 Å². The Morgan fingerprint density at radius 2 is 1.78 bits per heavy atom. The quantitative estimate of drug-likeness (QED) is 0.466. The summed E-state index contributed by atoms with van der Waals surface area (Å²) in [5.41, 5.74) is 4.69. The second-order valence-corrected chi connectivity index (χ2v) is 10.9. The van der Waals surface area contributed by atoms with Crippen molar-refractivity contribution in [2.45, 2.75) is 37.5 Å². The second-order valence-electron chi connectivity index (χ2n) is 10.9. The number of likely N-dealkylation sites (tertiary alicyclic amines) is 1. The lowest BCUT2D eigenvalue weighted by atomic mass is 9.42. The van der Waals surface area contributed by atoms with Crippen LogP contribution >= 0.6 is 0 Å². The van der Waals surface area contributed by atoms with Gasteiger partial charge in [-0.25, -0.2) is 0 Å². The van der Waals surface area contributed by atoms with Crippen molar-refractivity contribution >= 4 is 11.9 Å². The molecule has 1 amide bonds. The van der Waals surface area contributed by atoms with Crippen molar-refractivity contribution in [3.05, 3.63) is 101 Å². The highest BCUT2D eigenvalue weighted by Crippen LogP contribution is 2.69. The van der Waals surface area contributed by atoms with Gasteiger partial charge < -0.3 is 14.4 Å². The summed E-state index contributed by atoms with van der Waals surface area (Å²) in [6, 6.07) is 25.0. The summed E-state index contributed by atoms with van der Waals surface area (Å²) in [6.07, 6.45) is 2.09. The van der Waals surface area contributed by atoms with E-state index in [1.54, 1.807) is 7.11 Å². The minimum atomic E-state index is -0.776. The fourth-order valence-electron chi connectivity index (χ4n) is 7.87. The Balaban J connectivity index is 1.49. The molecule has 0 radical (unpaired) electrons. The lowest BCUT2D eigenvalue weighted by Gasteiger charge is -2.59. The minimum absolute atomic E-state index is 0.0185. The minimum Gasteiger partial charge on any atom is -0.496 e. The zero-order valence-electron chi connectivity index (χ0n) is 21.7. The maximum Gasteiger partial charge on any atom is 0.314 e. The maximum absolute atomic E-state index is 13.9. The zero-order chi connectivity index (χ0) is 25.8. The summed E-state index contributed by atoms with van der Waals surface area (Å²) in [5.74, 6) is 0.492. The van der Waals surface area contributed by atoms with Gasteiger partial charge >= 0.3 is 5.97 Å². The molecule has 5 heteroatoms. The molecule has 0 aromatic heterocycles. The number of para-hydroxylation sites is 1. The molecule has 1 saturated heterocycles. The van der Waals surface area contributed by atoms with Crippen LogP contribution in [0.2, 0.25) is 0 Å². The molecular weight excluding hydrogens is 462 g/mol. The van der Waals surface area contributed by atoms with E-state index < -0.39 is 5.41 Å². The number of nitrogens with zero attached hydrogens (tertiary/aromatic N) is 1. The van der Waals surface area contributed by atoms with Gasteiger partial charge in [0.15, 0.2) is 0 Å². The normalized spacial score (nSPS) is 27.4. The monoisotopic (exact) mass is 495 g/mol. The summed E-state index contributed by atoms with van der Waals surface area (Å²) in [5, 5.41) is 0. The number of aryl methyl sites for hydroxylation is 1. The Kier molecular flexibility index (Phi) is 5.63. The van der Waals surface area contributed by atoms with Crippen molar-refractivity contribution < 1.29 is 19.1 Å². The number of ether oxygens (including phenoxy) is 2. The number of esters is 1. The molecule has 1 saturated carbocycles. The topological polar surface area (TPSA) is 55.8 Å². The molecule has 0 N–H and O–H groups in total. The standard InChI is InChI=1S/C32H33NO4/c1-21-9-8-11-23(17-21)31-16-15-26(24-12-5-6-13-25(24)31)32(30(35)37-3)20-33(19-28(31)32)29(34)18-22-10-4-7-14-27(22)36-2/h4-14,17,26,28H,15-16,18-20H2,1-3H3. The lowest BCUT2D eigenvalue weighted by molar-refractivity contribution is -0.161. The predicted molar refractivity (Wildman–Crippen MR) is 142 cm³/mol. The van der Waals surface area contributed by atoms with Gasteiger partial charge in [0.25, 0.3) is 0 Å². The SMILES string of the molecule is COC(=O)C12CN(C(=O)Cc3ccccc3OC)CC1C1(c3cccc(C)c3)CCC2c2ccccc21. The molecule has 190 valence electrons. The second kappa shape index (κ2) is 8.76. The van der Waals surface area contributed by atoms with Crippen molar-refractivity contribution in [2.24, 2.45) is 11.3 Å². The predicted octanol–water partition coefficient (Wildman–Crippen LogP) is 5.04. The number of hydrogen-bond donors (Lipinski definition) is 0. The van der Waals surface area contributed by atoms with Crippen molar-refractivity contribution in [3.8, 4) is 5.75 Å². The highest BCUT2D eigenvalue weighted by Gasteiger charge is 2.71. The average molecular weight is 496 g/mol. The smallest absolute Gasteiger partial charge is 0.314 e. The zero-order valence-corrected chi connectivity index (χ0v) is 21.7. The number of carbonyl (C=O) groups is 2. The molecule has 37 heavy (non-hydrogen) atoms. The van der Waals surface area contributed by atoms with E-state index in [1.807, 2.05) is 29.2 Å². The number of fused-ring (bicyclic) bond motifs is 1. The van der Waals surface area contributed by atoms with Gasteiger partial charge in [-0.1, -0.05) is 72.3 Å². The summed E-state index contributed by atoms with van der Waals surface area (Å²) in [6.45, 7) is 3.03. The Bertz CT molecular complexity index is 1380. The van der Waals surface area contributed by atoms with Crippen molar-refractivity contribution in [1.82, 2.24) is 4.90 Å². The van der Waals surface area contributed by atoms with E-state index in [2.05, 4.69) is 55.5 Å². The van der Waals surface area contributed by atoms with Gasteiger partial charge in [0.2, 0.25) is 5.91 Å². The number of benzene rings is 3. The molecule has 3 aromatic rings. The summed E-state index contributed by atoms with van der Waals surface area (Å²) in [7, 11) is 3.11. The van der Waals surface area contributed by atoms with Crippen LogP contribution < -0.4 is 4.74 Å². The molecule has 1 aliphatic heterocycles. The molecule has 7 rings (SSSR count). The van der Waals surface area contributed by atoms with Crippen LogP contribution in [0.3, 0.4) is 0 Å². The third-order valence-electron chi connectivity index (χ3n) is 9.32. The van der Waals surface area contributed by atoms with Crippen LogP contribution in [0.25, 0.3) is 0 Å². The van der Waals surface area contributed by atoms with Gasteiger partial charge in [-0.05, 0) is 42.5 Å². The molecule has 4 aliphatic rings. The molecule has 3 aliphatic carbocycles. The molecule has 4 atom stereocenters. The molecule has 2 fully saturated rings. The number of methoxy groups -OCH3 is 2. The first-order valence-corrected chi connectivity index (χ1v) is 13.1. The fourth-order valence-corrected chi connectivity index (χ4v) is 7.87. The summed E-state index contributed by atoms with van der Waals surface area (Å²) < 4.78 is 11.1. The van der Waals surface area contributed by atoms with E-state index in [4.69, 9.17) is 9.47 Å². The van der Waals surface area contributed by atoms with E-state index in [1.165, 1.54) is 29.4 Å². The Morgan fingerprint density at radius 1 is 1.00 bits per heavy atom. The fraction of sp³-hybridized carbons (Fsp3) is 0.375. The van der Waals surface area contributed by atoms with Crippen LogP contribution in [0.1, 0.15) is 46.6 Å². The van der Waals surface area contributed by atoms with Crippen molar-refractivity contribution in [3.63, 3.8) is 0 Å². The maximum atomic E-state index is 13.9. The number of hydrogen-bond acceptors (Lipinski definition) is 4. The van der Waals surface area contributed by atoms with E-state index in [-0.39, 0.29) is 35.5 Å². The molecule has 2 bridgehead atoms. The average Bonchev–Trinajstić information content (AvgIpc) is 3.37. The van der Waals surface area contributed by atoms with Crippen LogP contribution in [0.15, 0.2) is 72.8 Å². The largest absolute Gasteiger partial charge is 0.496 e. The molecular formula is C32H33NO4. The van der Waals surface area contributed by atoms with Crippen molar-refractivity contribution in [2.75, 3.05) is 27.3 Å². The van der Waals surface area contributed by atoms with Gasteiger partial charge in [-0.15, -0.1) is 0 Å². The van der Waals surface area contributed by atoms with Crippen LogP contribution in [-0.2, 0) is 26.2 Å². The van der Waals surface area contributed by atoms with Crippen molar-refractivity contribution in [1.29, 1.82) is 0 Å². The van der Waals surface area contributed by atoms with Gasteiger partial charge in [0, 0.05) is 35.9 Å². The summed E-state index contributed by atoms with van der Waals surface area (Å²) in [4.78, 5) is 29.6. The molecule has 0 spiro atoms. The molecule has 3 aromatic carbocycles. The number of carbonyl (C=O) groups excluding carboxylic acids is 2. The third kappa shape index (κ3) is 3.29. The summed E-state index contributed by atoms with van der Waals surface area (Å²) >= 11 is 0. The van der Waals surface area contributed by atoms with E-state index >= 15 is 0 Å². The first-order chi connectivity index (χ1) is 18.0. The lowest BCUT2D eigenvalue weighted by Crippen LogP contribution is -2.60. The van der Waals surface area contributed by atoms with Crippen LogP contribution in [0, 0.1) is 18.3 Å². The number of rotatable bonds is 5. The third-order valence-corrected chi connectivity index (χ3v) is 9.32. The van der Waals surface area contributed by atoms with Crippen LogP contribution in [-0.4, -0.2) is 44.1 Å². The Hall–Kier alpha value is -3.60. The van der Waals surface area contributed by atoms with E-state index in [0.29, 0.717) is 18.8 Å². The Morgan fingerprint density at radius 3 is 2.57 bits per heavy atom. The highest BCUT2D eigenvalue weighted by molar-refractivity contribution is 5.86. The molecule has 1 heterocycles.